The predicted molar refractivity (Wildman–Crippen MR) is 97.0 cm³/mol. The summed E-state index contributed by atoms with van der Waals surface area (Å²) in [5.74, 6) is 0.193. The molecular weight excluding hydrogens is 304 g/mol. The monoisotopic (exact) mass is 326 g/mol. The number of benzene rings is 2. The van der Waals surface area contributed by atoms with E-state index in [1.807, 2.05) is 47.4 Å². The van der Waals surface area contributed by atoms with E-state index < -0.39 is 0 Å². The fourth-order valence-corrected chi connectivity index (χ4v) is 4.06. The highest BCUT2D eigenvalue weighted by Gasteiger charge is 2.33. The van der Waals surface area contributed by atoms with Crippen LogP contribution in [0, 0.1) is 0 Å². The fraction of sp³-hybridized carbons (Fsp3) is 0.316. The predicted octanol–water partition coefficient (Wildman–Crippen LogP) is 3.82. The highest BCUT2D eigenvalue weighted by atomic mass is 32.2. The van der Waals surface area contributed by atoms with Crippen molar-refractivity contribution in [3.8, 4) is 0 Å². The van der Waals surface area contributed by atoms with Crippen molar-refractivity contribution in [3.63, 3.8) is 0 Å². The molecule has 1 aliphatic heterocycles. The number of carbonyl (C=O) groups is 1. The van der Waals surface area contributed by atoms with Crippen molar-refractivity contribution >= 4 is 23.4 Å². The lowest BCUT2D eigenvalue weighted by Crippen LogP contribution is -2.38. The van der Waals surface area contributed by atoms with E-state index in [9.17, 15) is 4.79 Å². The van der Waals surface area contributed by atoms with Crippen molar-refractivity contribution in [1.82, 2.24) is 4.90 Å². The highest BCUT2D eigenvalue weighted by molar-refractivity contribution is 8.00. The second kappa shape index (κ2) is 7.20. The minimum atomic E-state index is -0.148. The van der Waals surface area contributed by atoms with Crippen LogP contribution in [0.15, 0.2) is 59.5 Å². The first-order chi connectivity index (χ1) is 11.2. The lowest BCUT2D eigenvalue weighted by Gasteiger charge is -2.34. The van der Waals surface area contributed by atoms with Gasteiger partial charge in [0.1, 0.15) is 5.25 Å². The van der Waals surface area contributed by atoms with Crippen LogP contribution in [0.3, 0.4) is 0 Å². The van der Waals surface area contributed by atoms with Crippen LogP contribution in [-0.4, -0.2) is 38.0 Å². The minimum Gasteiger partial charge on any atom is -0.310 e. The van der Waals surface area contributed by atoms with Gasteiger partial charge in [-0.2, -0.15) is 0 Å². The Morgan fingerprint density at radius 2 is 1.74 bits per heavy atom. The summed E-state index contributed by atoms with van der Waals surface area (Å²) in [6.45, 7) is 1.74. The third-order valence-corrected chi connectivity index (χ3v) is 5.29. The van der Waals surface area contributed by atoms with Gasteiger partial charge in [0.2, 0.25) is 5.91 Å². The Bertz CT molecular complexity index is 672. The van der Waals surface area contributed by atoms with Crippen LogP contribution in [0.25, 0.3) is 0 Å². The van der Waals surface area contributed by atoms with Crippen LogP contribution < -0.4 is 4.90 Å². The molecule has 0 saturated carbocycles. The maximum atomic E-state index is 13.1. The largest absolute Gasteiger partial charge is 0.310 e. The van der Waals surface area contributed by atoms with E-state index in [1.54, 1.807) is 11.8 Å². The molecule has 2 aromatic rings. The molecule has 0 radical (unpaired) electrons. The zero-order valence-electron chi connectivity index (χ0n) is 13.6. The molecule has 0 fully saturated rings. The maximum Gasteiger partial charge on any atom is 0.245 e. The van der Waals surface area contributed by atoms with E-state index >= 15 is 0 Å². The molecule has 1 aliphatic rings. The Morgan fingerprint density at radius 3 is 2.48 bits per heavy atom. The number of anilines is 1. The van der Waals surface area contributed by atoms with Gasteiger partial charge in [0, 0.05) is 11.4 Å². The quantitative estimate of drug-likeness (QED) is 0.834. The Morgan fingerprint density at radius 1 is 1.04 bits per heavy atom. The number of nitrogens with zero attached hydrogens (tertiary/aromatic N) is 2. The smallest absolute Gasteiger partial charge is 0.245 e. The van der Waals surface area contributed by atoms with Crippen LogP contribution in [0.5, 0.6) is 0 Å². The molecule has 1 heterocycles. The van der Waals surface area contributed by atoms with Gasteiger partial charge in [0.25, 0.3) is 0 Å². The van der Waals surface area contributed by atoms with E-state index in [0.717, 1.165) is 30.8 Å². The van der Waals surface area contributed by atoms with Gasteiger partial charge in [-0.25, -0.2) is 0 Å². The van der Waals surface area contributed by atoms with Crippen molar-refractivity contribution in [1.29, 1.82) is 0 Å². The number of hydrogen-bond donors (Lipinski definition) is 0. The van der Waals surface area contributed by atoms with Crippen molar-refractivity contribution < 1.29 is 4.79 Å². The van der Waals surface area contributed by atoms with Gasteiger partial charge >= 0.3 is 0 Å². The summed E-state index contributed by atoms with van der Waals surface area (Å²) in [6.07, 6.45) is 0.971. The zero-order valence-corrected chi connectivity index (χ0v) is 14.4. The van der Waals surface area contributed by atoms with E-state index in [4.69, 9.17) is 0 Å². The Balaban J connectivity index is 1.88. The Labute approximate surface area is 142 Å². The molecule has 0 spiro atoms. The van der Waals surface area contributed by atoms with Gasteiger partial charge in [0.15, 0.2) is 0 Å². The standard InChI is InChI=1S/C19H22N2OS/c1-20(2)13-8-14-21-16-11-6-7-12-17(16)23-18(19(21)22)15-9-4-3-5-10-15/h3-7,9-12,18H,8,13-14H2,1-2H3/t18-/m0/s1. The number of thioether (sulfide) groups is 1. The van der Waals surface area contributed by atoms with Crippen molar-refractivity contribution in [2.45, 2.75) is 16.6 Å². The highest BCUT2D eigenvalue weighted by Crippen LogP contribution is 2.46. The van der Waals surface area contributed by atoms with Gasteiger partial charge in [0.05, 0.1) is 5.69 Å². The summed E-state index contributed by atoms with van der Waals surface area (Å²) in [4.78, 5) is 18.4. The molecule has 1 atom stereocenters. The molecule has 3 nitrogen and oxygen atoms in total. The number of fused-ring (bicyclic) bond motifs is 1. The van der Waals surface area contributed by atoms with Gasteiger partial charge in [-0.15, -0.1) is 11.8 Å². The van der Waals surface area contributed by atoms with Gasteiger partial charge in [-0.1, -0.05) is 42.5 Å². The zero-order chi connectivity index (χ0) is 16.2. The Kier molecular flexibility index (Phi) is 5.03. The van der Waals surface area contributed by atoms with Crippen molar-refractivity contribution in [3.05, 3.63) is 60.2 Å². The SMILES string of the molecule is CN(C)CCCN1C(=O)[C@H](c2ccccc2)Sc2ccccc21. The summed E-state index contributed by atoms with van der Waals surface area (Å²) >= 11 is 1.66. The minimum absolute atomic E-state index is 0.148. The molecule has 0 bridgehead atoms. The molecule has 120 valence electrons. The molecule has 0 saturated heterocycles. The molecule has 0 aliphatic carbocycles. The average molecular weight is 326 g/mol. The van der Waals surface area contributed by atoms with E-state index in [1.165, 1.54) is 4.90 Å². The third kappa shape index (κ3) is 3.59. The number of carbonyl (C=O) groups excluding carboxylic acids is 1. The summed E-state index contributed by atoms with van der Waals surface area (Å²) in [7, 11) is 4.13. The van der Waals surface area contributed by atoms with E-state index in [2.05, 4.69) is 31.1 Å². The summed E-state index contributed by atoms with van der Waals surface area (Å²) in [6, 6.07) is 18.3. The molecule has 4 heteroatoms. The van der Waals surface area contributed by atoms with E-state index in [-0.39, 0.29) is 11.2 Å². The molecule has 0 N–H and O–H groups in total. The van der Waals surface area contributed by atoms with Crippen molar-refractivity contribution in [2.75, 3.05) is 32.1 Å². The first kappa shape index (κ1) is 16.1. The lowest BCUT2D eigenvalue weighted by molar-refractivity contribution is -0.118. The van der Waals surface area contributed by atoms with Crippen LogP contribution in [-0.2, 0) is 4.79 Å². The number of amides is 1. The van der Waals surface area contributed by atoms with Gasteiger partial charge in [-0.05, 0) is 44.8 Å². The van der Waals surface area contributed by atoms with E-state index in [0.29, 0.717) is 0 Å². The van der Waals surface area contributed by atoms with Crippen LogP contribution in [0.1, 0.15) is 17.2 Å². The third-order valence-electron chi connectivity index (χ3n) is 3.98. The first-order valence-electron chi connectivity index (χ1n) is 7.93. The van der Waals surface area contributed by atoms with Crippen LogP contribution >= 0.6 is 11.8 Å². The molecule has 0 aromatic heterocycles. The summed E-state index contributed by atoms with van der Waals surface area (Å²) in [5, 5.41) is -0.148. The molecular formula is C19H22N2OS. The molecule has 2 aromatic carbocycles. The topological polar surface area (TPSA) is 23.6 Å². The van der Waals surface area contributed by atoms with Crippen LogP contribution in [0.2, 0.25) is 0 Å². The van der Waals surface area contributed by atoms with Gasteiger partial charge in [-0.3, -0.25) is 4.79 Å². The molecule has 3 rings (SSSR count). The second-order valence-corrected chi connectivity index (χ2v) is 7.17. The van der Waals surface area contributed by atoms with Gasteiger partial charge < -0.3 is 9.80 Å². The summed E-state index contributed by atoms with van der Waals surface area (Å²) in [5.41, 5.74) is 2.13. The number of rotatable bonds is 5. The number of hydrogen-bond acceptors (Lipinski definition) is 3. The molecule has 0 unspecified atom stereocenters. The van der Waals surface area contributed by atoms with Crippen molar-refractivity contribution in [2.24, 2.45) is 0 Å². The second-order valence-electron chi connectivity index (χ2n) is 6.02. The van der Waals surface area contributed by atoms with Crippen LogP contribution in [0.4, 0.5) is 5.69 Å². The number of para-hydroxylation sites is 1. The summed E-state index contributed by atoms with van der Waals surface area (Å²) < 4.78 is 0. The lowest BCUT2D eigenvalue weighted by atomic mass is 10.1. The molecule has 23 heavy (non-hydrogen) atoms. The molecule has 1 amide bonds. The first-order valence-corrected chi connectivity index (χ1v) is 8.81. The average Bonchev–Trinajstić information content (AvgIpc) is 2.57. The Hall–Kier alpha value is -1.78. The fourth-order valence-electron chi connectivity index (χ4n) is 2.83. The normalized spacial score (nSPS) is 17.4. The maximum absolute atomic E-state index is 13.1.